The summed E-state index contributed by atoms with van der Waals surface area (Å²) < 4.78 is 12.0. The summed E-state index contributed by atoms with van der Waals surface area (Å²) in [7, 11) is 3.29. The minimum absolute atomic E-state index is 0.284. The lowest BCUT2D eigenvalue weighted by Crippen LogP contribution is -2.23. The average Bonchev–Trinajstić information content (AvgIpc) is 3.22. The Labute approximate surface area is 185 Å². The smallest absolute Gasteiger partial charge is 0.178 e. The number of nitrogens with zero attached hydrogens (tertiary/aromatic N) is 5. The Morgan fingerprint density at radius 2 is 1.52 bits per heavy atom. The Balaban J connectivity index is 1.76. The van der Waals surface area contributed by atoms with Gasteiger partial charge in [0.25, 0.3) is 0 Å². The Morgan fingerprint density at radius 1 is 0.968 bits per heavy atom. The predicted molar refractivity (Wildman–Crippen MR) is 119 cm³/mol. The summed E-state index contributed by atoms with van der Waals surface area (Å²) in [5, 5.41) is 13.9. The van der Waals surface area contributed by atoms with Crippen molar-refractivity contribution in [3.05, 3.63) is 82.8 Å². The molecule has 0 unspecified atom stereocenters. The number of imidazole rings is 1. The predicted octanol–water partition coefficient (Wildman–Crippen LogP) is 4.48. The first-order valence-electron chi connectivity index (χ1n) is 9.56. The van der Waals surface area contributed by atoms with Gasteiger partial charge in [0.2, 0.25) is 0 Å². The number of hydrogen-bond donors (Lipinski definition) is 0. The molecule has 0 aliphatic rings. The van der Waals surface area contributed by atoms with Gasteiger partial charge in [0.05, 0.1) is 26.1 Å². The zero-order valence-corrected chi connectivity index (χ0v) is 17.9. The summed E-state index contributed by atoms with van der Waals surface area (Å²) in [6.07, 6.45) is 1.50. The van der Waals surface area contributed by atoms with E-state index in [9.17, 15) is 5.26 Å². The summed E-state index contributed by atoms with van der Waals surface area (Å²) in [5.41, 5.74) is 3.86. The van der Waals surface area contributed by atoms with Gasteiger partial charge in [0.15, 0.2) is 16.5 Å². The van der Waals surface area contributed by atoms with Crippen molar-refractivity contribution in [2.24, 2.45) is 0 Å². The van der Waals surface area contributed by atoms with Crippen LogP contribution >= 0.6 is 11.6 Å². The van der Waals surface area contributed by atoms with Crippen LogP contribution in [0.25, 0.3) is 5.65 Å². The van der Waals surface area contributed by atoms with Crippen molar-refractivity contribution >= 4 is 22.9 Å². The van der Waals surface area contributed by atoms with Crippen LogP contribution in [-0.4, -0.2) is 28.8 Å². The standard InChI is InChI=1S/C23H20ClN5O2/c1-30-19-7-3-16(4-8-19)14-28(15-17-5-9-20(31-2)10-6-17)21-11-22(24)27-29-18(12-25)13-26-23(21)29/h3-11,13H,14-15H2,1-2H3. The third-order valence-electron chi connectivity index (χ3n) is 4.94. The summed E-state index contributed by atoms with van der Waals surface area (Å²) in [6.45, 7) is 1.20. The molecule has 0 aliphatic carbocycles. The van der Waals surface area contributed by atoms with E-state index in [2.05, 4.69) is 21.1 Å². The van der Waals surface area contributed by atoms with Crippen LogP contribution in [0, 0.1) is 11.3 Å². The van der Waals surface area contributed by atoms with Gasteiger partial charge in [-0.25, -0.2) is 4.98 Å². The molecule has 31 heavy (non-hydrogen) atoms. The lowest BCUT2D eigenvalue weighted by molar-refractivity contribution is 0.414. The fourth-order valence-electron chi connectivity index (χ4n) is 3.36. The van der Waals surface area contributed by atoms with Crippen molar-refractivity contribution in [2.45, 2.75) is 13.1 Å². The van der Waals surface area contributed by atoms with E-state index in [1.807, 2.05) is 48.5 Å². The molecule has 0 aliphatic heterocycles. The van der Waals surface area contributed by atoms with E-state index in [0.29, 0.717) is 24.4 Å². The topological polar surface area (TPSA) is 75.7 Å². The Morgan fingerprint density at radius 3 is 2.00 bits per heavy atom. The van der Waals surface area contributed by atoms with Crippen molar-refractivity contribution < 1.29 is 9.47 Å². The quantitative estimate of drug-likeness (QED) is 0.427. The second-order valence-corrected chi connectivity index (χ2v) is 7.28. The monoisotopic (exact) mass is 433 g/mol. The van der Waals surface area contributed by atoms with Crippen LogP contribution in [0.4, 0.5) is 5.69 Å². The summed E-state index contributed by atoms with van der Waals surface area (Å²) in [6, 6.07) is 19.7. The van der Waals surface area contributed by atoms with Gasteiger partial charge in [-0.05, 0) is 35.4 Å². The van der Waals surface area contributed by atoms with Crippen LogP contribution in [0.1, 0.15) is 16.8 Å². The van der Waals surface area contributed by atoms with Crippen LogP contribution in [0.2, 0.25) is 5.15 Å². The first-order valence-corrected chi connectivity index (χ1v) is 9.94. The number of rotatable bonds is 7. The molecule has 2 aromatic carbocycles. The van der Waals surface area contributed by atoms with Crippen molar-refractivity contribution in [3.63, 3.8) is 0 Å². The minimum atomic E-state index is 0.284. The molecule has 2 aromatic heterocycles. The normalized spacial score (nSPS) is 10.6. The molecule has 0 bridgehead atoms. The minimum Gasteiger partial charge on any atom is -0.497 e. The zero-order chi connectivity index (χ0) is 21.8. The third kappa shape index (κ3) is 4.39. The highest BCUT2D eigenvalue weighted by atomic mass is 35.5. The number of hydrogen-bond acceptors (Lipinski definition) is 6. The van der Waals surface area contributed by atoms with Crippen LogP contribution in [0.5, 0.6) is 11.5 Å². The molecule has 0 amide bonds. The Kier molecular flexibility index (Phi) is 5.92. The number of methoxy groups -OCH3 is 2. The lowest BCUT2D eigenvalue weighted by atomic mass is 10.1. The van der Waals surface area contributed by atoms with E-state index >= 15 is 0 Å². The van der Waals surface area contributed by atoms with Gasteiger partial charge in [-0.2, -0.15) is 14.9 Å². The molecular weight excluding hydrogens is 414 g/mol. The second-order valence-electron chi connectivity index (χ2n) is 6.90. The van der Waals surface area contributed by atoms with Gasteiger partial charge in [-0.3, -0.25) is 0 Å². The molecule has 0 spiro atoms. The van der Waals surface area contributed by atoms with Crippen LogP contribution < -0.4 is 14.4 Å². The molecule has 7 nitrogen and oxygen atoms in total. The molecule has 4 rings (SSSR count). The van der Waals surface area contributed by atoms with Gasteiger partial charge < -0.3 is 14.4 Å². The van der Waals surface area contributed by atoms with E-state index in [4.69, 9.17) is 21.1 Å². The fraction of sp³-hybridized carbons (Fsp3) is 0.174. The van der Waals surface area contributed by atoms with Crippen LogP contribution in [0.3, 0.4) is 0 Å². The molecule has 0 radical (unpaired) electrons. The SMILES string of the molecule is COc1ccc(CN(Cc2ccc(OC)cc2)c2cc(Cl)nn3c(C#N)cnc23)cc1. The van der Waals surface area contributed by atoms with Gasteiger partial charge >= 0.3 is 0 Å². The summed E-state index contributed by atoms with van der Waals surface area (Å²) in [5.74, 6) is 1.60. The van der Waals surface area contributed by atoms with E-state index < -0.39 is 0 Å². The van der Waals surface area contributed by atoms with Crippen molar-refractivity contribution in [1.29, 1.82) is 5.26 Å². The van der Waals surface area contributed by atoms with Gasteiger partial charge in [-0.15, -0.1) is 0 Å². The van der Waals surface area contributed by atoms with Crippen molar-refractivity contribution in [1.82, 2.24) is 14.6 Å². The molecule has 4 aromatic rings. The molecule has 156 valence electrons. The van der Waals surface area contributed by atoms with Gasteiger partial charge in [0.1, 0.15) is 17.6 Å². The highest BCUT2D eigenvalue weighted by Crippen LogP contribution is 2.28. The van der Waals surface area contributed by atoms with Gasteiger partial charge in [-0.1, -0.05) is 35.9 Å². The highest BCUT2D eigenvalue weighted by molar-refractivity contribution is 6.29. The first-order chi connectivity index (χ1) is 15.1. The van der Waals surface area contributed by atoms with Crippen LogP contribution in [-0.2, 0) is 13.1 Å². The number of benzene rings is 2. The van der Waals surface area contributed by atoms with E-state index in [0.717, 1.165) is 28.3 Å². The maximum Gasteiger partial charge on any atom is 0.178 e. The second kappa shape index (κ2) is 8.94. The third-order valence-corrected chi connectivity index (χ3v) is 5.12. The molecular formula is C23H20ClN5O2. The average molecular weight is 434 g/mol. The molecule has 2 heterocycles. The molecule has 0 fully saturated rings. The molecule has 0 atom stereocenters. The Bertz CT molecular complexity index is 1180. The molecule has 0 saturated heterocycles. The number of anilines is 1. The van der Waals surface area contributed by atoms with Gasteiger partial charge in [0, 0.05) is 19.2 Å². The molecule has 0 saturated carbocycles. The van der Waals surface area contributed by atoms with E-state index in [-0.39, 0.29) is 5.15 Å². The zero-order valence-electron chi connectivity index (χ0n) is 17.1. The largest absolute Gasteiger partial charge is 0.497 e. The highest BCUT2D eigenvalue weighted by Gasteiger charge is 2.17. The molecule has 8 heteroatoms. The first kappa shape index (κ1) is 20.5. The van der Waals surface area contributed by atoms with Crippen LogP contribution in [0.15, 0.2) is 60.8 Å². The summed E-state index contributed by atoms with van der Waals surface area (Å²) >= 11 is 6.31. The molecule has 0 N–H and O–H groups in total. The maximum atomic E-state index is 9.38. The number of fused-ring (bicyclic) bond motifs is 1. The fourth-order valence-corrected chi connectivity index (χ4v) is 3.54. The maximum absolute atomic E-state index is 9.38. The number of aromatic nitrogens is 3. The van der Waals surface area contributed by atoms with E-state index in [1.165, 1.54) is 10.7 Å². The summed E-state index contributed by atoms with van der Waals surface area (Å²) in [4.78, 5) is 6.58. The van der Waals surface area contributed by atoms with Crippen molar-refractivity contribution in [3.8, 4) is 17.6 Å². The number of halogens is 1. The Hall–Kier alpha value is -3.76. The number of nitriles is 1. The van der Waals surface area contributed by atoms with Crippen molar-refractivity contribution in [2.75, 3.05) is 19.1 Å². The number of ether oxygens (including phenoxy) is 2. The van der Waals surface area contributed by atoms with E-state index in [1.54, 1.807) is 20.3 Å². The lowest BCUT2D eigenvalue weighted by Gasteiger charge is -2.26.